The van der Waals surface area contributed by atoms with E-state index in [4.69, 9.17) is 5.73 Å². The van der Waals surface area contributed by atoms with E-state index in [1.165, 1.54) is 6.26 Å². The minimum absolute atomic E-state index is 0.0506. The third-order valence-electron chi connectivity index (χ3n) is 2.79. The molecule has 2 rings (SSSR count). The standard InChI is InChI=1S/C12H16N2O2S/c1-3-14-9(8-17(2,15)16)7-10-11(13)5-4-6-12(10)14/h4-7H,3,8,13H2,1-2H3. The van der Waals surface area contributed by atoms with Gasteiger partial charge in [0.1, 0.15) is 0 Å². The second kappa shape index (κ2) is 4.07. The molecule has 0 spiro atoms. The SMILES string of the molecule is CCn1c(CS(C)(=O)=O)cc2c(N)cccc21. The van der Waals surface area contributed by atoms with E-state index in [2.05, 4.69) is 0 Å². The molecule has 0 radical (unpaired) electrons. The first-order valence-corrected chi connectivity index (χ1v) is 7.52. The van der Waals surface area contributed by atoms with Crippen LogP contribution in [0.15, 0.2) is 24.3 Å². The van der Waals surface area contributed by atoms with Crippen LogP contribution in [0.2, 0.25) is 0 Å². The first-order valence-electron chi connectivity index (χ1n) is 5.46. The van der Waals surface area contributed by atoms with Gasteiger partial charge in [-0.15, -0.1) is 0 Å². The van der Waals surface area contributed by atoms with Crippen molar-refractivity contribution in [1.29, 1.82) is 0 Å². The molecule has 0 fully saturated rings. The fourth-order valence-electron chi connectivity index (χ4n) is 2.12. The summed E-state index contributed by atoms with van der Waals surface area (Å²) in [6.45, 7) is 2.73. The maximum absolute atomic E-state index is 11.4. The van der Waals surface area contributed by atoms with Gasteiger partial charge in [-0.25, -0.2) is 8.42 Å². The quantitative estimate of drug-likeness (QED) is 0.847. The van der Waals surface area contributed by atoms with Gasteiger partial charge in [0, 0.05) is 29.6 Å². The fourth-order valence-corrected chi connectivity index (χ4v) is 2.90. The largest absolute Gasteiger partial charge is 0.398 e. The number of rotatable bonds is 3. The summed E-state index contributed by atoms with van der Waals surface area (Å²) in [4.78, 5) is 0. The molecule has 0 aliphatic heterocycles. The molecule has 0 saturated heterocycles. The van der Waals surface area contributed by atoms with Gasteiger partial charge in [0.05, 0.1) is 11.3 Å². The number of aryl methyl sites for hydroxylation is 1. The topological polar surface area (TPSA) is 65.1 Å². The average Bonchev–Trinajstić information content (AvgIpc) is 2.54. The predicted molar refractivity (Wildman–Crippen MR) is 70.6 cm³/mol. The third-order valence-corrected chi connectivity index (χ3v) is 3.61. The highest BCUT2D eigenvalue weighted by Gasteiger charge is 2.13. The van der Waals surface area contributed by atoms with Crippen LogP contribution in [-0.4, -0.2) is 19.2 Å². The van der Waals surface area contributed by atoms with Crippen molar-refractivity contribution in [2.45, 2.75) is 19.2 Å². The zero-order chi connectivity index (χ0) is 12.6. The maximum Gasteiger partial charge on any atom is 0.153 e. The van der Waals surface area contributed by atoms with Crippen LogP contribution < -0.4 is 5.73 Å². The monoisotopic (exact) mass is 252 g/mol. The second-order valence-corrected chi connectivity index (χ2v) is 6.37. The van der Waals surface area contributed by atoms with Gasteiger partial charge in [-0.1, -0.05) is 6.07 Å². The Balaban J connectivity index is 2.68. The minimum atomic E-state index is -3.03. The Hall–Kier alpha value is -1.49. The van der Waals surface area contributed by atoms with Crippen molar-refractivity contribution in [1.82, 2.24) is 4.57 Å². The number of fused-ring (bicyclic) bond motifs is 1. The molecule has 5 heteroatoms. The first-order chi connectivity index (χ1) is 7.92. The highest BCUT2D eigenvalue weighted by atomic mass is 32.2. The minimum Gasteiger partial charge on any atom is -0.398 e. The van der Waals surface area contributed by atoms with Crippen LogP contribution in [0.1, 0.15) is 12.6 Å². The van der Waals surface area contributed by atoms with Gasteiger partial charge in [-0.05, 0) is 25.1 Å². The molecule has 0 unspecified atom stereocenters. The predicted octanol–water partition coefficient (Wildman–Crippen LogP) is 1.79. The van der Waals surface area contributed by atoms with Crippen LogP contribution in [0.5, 0.6) is 0 Å². The Kier molecular flexibility index (Phi) is 2.87. The van der Waals surface area contributed by atoms with E-state index in [0.717, 1.165) is 23.1 Å². The maximum atomic E-state index is 11.4. The van der Waals surface area contributed by atoms with E-state index in [1.807, 2.05) is 35.8 Å². The van der Waals surface area contributed by atoms with Crippen molar-refractivity contribution in [2.75, 3.05) is 12.0 Å². The Morgan fingerprint density at radius 2 is 2.06 bits per heavy atom. The van der Waals surface area contributed by atoms with Crippen molar-refractivity contribution in [3.63, 3.8) is 0 Å². The molecule has 4 nitrogen and oxygen atoms in total. The van der Waals surface area contributed by atoms with Crippen LogP contribution in [0.4, 0.5) is 5.69 Å². The zero-order valence-electron chi connectivity index (χ0n) is 9.97. The lowest BCUT2D eigenvalue weighted by Crippen LogP contribution is -2.07. The summed E-state index contributed by atoms with van der Waals surface area (Å²) in [5.41, 5.74) is 8.36. The molecule has 1 aromatic carbocycles. The lowest BCUT2D eigenvalue weighted by atomic mass is 10.2. The van der Waals surface area contributed by atoms with E-state index in [9.17, 15) is 8.42 Å². The summed E-state index contributed by atoms with van der Waals surface area (Å²) in [5, 5.41) is 0.924. The summed E-state index contributed by atoms with van der Waals surface area (Å²) in [6, 6.07) is 7.54. The van der Waals surface area contributed by atoms with E-state index < -0.39 is 9.84 Å². The molecule has 0 saturated carbocycles. The number of benzene rings is 1. The highest BCUT2D eigenvalue weighted by Crippen LogP contribution is 2.26. The molecule has 0 aliphatic rings. The van der Waals surface area contributed by atoms with Crippen molar-refractivity contribution >= 4 is 26.4 Å². The molecule has 92 valence electrons. The lowest BCUT2D eigenvalue weighted by Gasteiger charge is -2.06. The van der Waals surface area contributed by atoms with Crippen LogP contribution in [-0.2, 0) is 22.1 Å². The van der Waals surface area contributed by atoms with Crippen molar-refractivity contribution in [2.24, 2.45) is 0 Å². The van der Waals surface area contributed by atoms with Gasteiger partial charge in [0.25, 0.3) is 0 Å². The van der Waals surface area contributed by atoms with Gasteiger partial charge in [0.2, 0.25) is 0 Å². The number of hydrogen-bond acceptors (Lipinski definition) is 3. The Labute approximate surface area is 101 Å². The second-order valence-electron chi connectivity index (χ2n) is 4.23. The van der Waals surface area contributed by atoms with Crippen molar-refractivity contribution in [3.8, 4) is 0 Å². The van der Waals surface area contributed by atoms with Gasteiger partial charge >= 0.3 is 0 Å². The van der Waals surface area contributed by atoms with Crippen molar-refractivity contribution < 1.29 is 8.42 Å². The Bertz CT molecular complexity index is 656. The Morgan fingerprint density at radius 1 is 1.35 bits per heavy atom. The number of nitrogen functional groups attached to an aromatic ring is 1. The summed E-state index contributed by atoms with van der Waals surface area (Å²) in [7, 11) is -3.03. The molecule has 0 aliphatic carbocycles. The molecule has 0 atom stereocenters. The molecule has 1 heterocycles. The summed E-state index contributed by atoms with van der Waals surface area (Å²) < 4.78 is 24.8. The number of hydrogen-bond donors (Lipinski definition) is 1. The summed E-state index contributed by atoms with van der Waals surface area (Å²) in [5.74, 6) is 0.0506. The molecule has 0 bridgehead atoms. The third kappa shape index (κ3) is 2.29. The highest BCUT2D eigenvalue weighted by molar-refractivity contribution is 7.89. The van der Waals surface area contributed by atoms with Crippen molar-refractivity contribution in [3.05, 3.63) is 30.0 Å². The average molecular weight is 252 g/mol. The van der Waals surface area contributed by atoms with Crippen LogP contribution >= 0.6 is 0 Å². The number of sulfone groups is 1. The molecule has 2 aromatic rings. The van der Waals surface area contributed by atoms with Gasteiger partial charge in [0.15, 0.2) is 9.84 Å². The fraction of sp³-hybridized carbons (Fsp3) is 0.333. The molecular weight excluding hydrogens is 236 g/mol. The smallest absolute Gasteiger partial charge is 0.153 e. The summed E-state index contributed by atoms with van der Waals surface area (Å²) in [6.07, 6.45) is 1.24. The number of aromatic nitrogens is 1. The molecular formula is C12H16N2O2S. The summed E-state index contributed by atoms with van der Waals surface area (Å²) >= 11 is 0. The number of nitrogens with two attached hydrogens (primary N) is 1. The van der Waals surface area contributed by atoms with Gasteiger partial charge in [-0.3, -0.25) is 0 Å². The van der Waals surface area contributed by atoms with Crippen LogP contribution in [0.25, 0.3) is 10.9 Å². The number of anilines is 1. The van der Waals surface area contributed by atoms with E-state index in [-0.39, 0.29) is 5.75 Å². The Morgan fingerprint density at radius 3 is 2.65 bits per heavy atom. The zero-order valence-corrected chi connectivity index (χ0v) is 10.8. The van der Waals surface area contributed by atoms with E-state index >= 15 is 0 Å². The normalized spacial score (nSPS) is 12.1. The molecule has 0 amide bonds. The lowest BCUT2D eigenvalue weighted by molar-refractivity contribution is 0.598. The van der Waals surface area contributed by atoms with Crippen LogP contribution in [0, 0.1) is 0 Å². The van der Waals surface area contributed by atoms with E-state index in [0.29, 0.717) is 5.69 Å². The van der Waals surface area contributed by atoms with Gasteiger partial charge in [-0.2, -0.15) is 0 Å². The molecule has 2 N–H and O–H groups in total. The first kappa shape index (κ1) is 12.0. The molecule has 17 heavy (non-hydrogen) atoms. The molecule has 1 aromatic heterocycles. The van der Waals surface area contributed by atoms with Crippen LogP contribution in [0.3, 0.4) is 0 Å². The van der Waals surface area contributed by atoms with Gasteiger partial charge < -0.3 is 10.3 Å². The van der Waals surface area contributed by atoms with E-state index in [1.54, 1.807) is 0 Å². The number of nitrogens with zero attached hydrogens (tertiary/aromatic N) is 1.